The Hall–Kier alpha value is -1.69. The number of likely N-dealkylation sites (N-methyl/N-ethyl adjacent to an activating group) is 1. The molecule has 1 aliphatic rings. The molecule has 0 radical (unpaired) electrons. The fourth-order valence-electron chi connectivity index (χ4n) is 3.28. The molecule has 0 saturated carbocycles. The fourth-order valence-corrected chi connectivity index (χ4v) is 4.50. The standard InChI is InChI=1S/C18H26N4OS/c1-5-22(10-14(23)21-18(2,3)4)16-15-12-8-6-7-9-13(12)24-17(15)20-11-19-16/h11H,5-10H2,1-4H3,(H,21,23). The third-order valence-corrected chi connectivity index (χ3v) is 5.46. The number of carbonyl (C=O) groups excluding carboxylic acids is 1. The summed E-state index contributed by atoms with van der Waals surface area (Å²) in [6.45, 7) is 9.13. The van der Waals surface area contributed by atoms with Gasteiger partial charge in [-0.05, 0) is 58.9 Å². The molecule has 2 aromatic rings. The molecule has 0 aromatic carbocycles. The van der Waals surface area contributed by atoms with Crippen molar-refractivity contribution in [2.75, 3.05) is 18.0 Å². The van der Waals surface area contributed by atoms with Gasteiger partial charge in [0.25, 0.3) is 0 Å². The Bertz CT molecular complexity index is 747. The van der Waals surface area contributed by atoms with E-state index < -0.39 is 0 Å². The zero-order valence-electron chi connectivity index (χ0n) is 15.0. The van der Waals surface area contributed by atoms with Crippen molar-refractivity contribution in [3.63, 3.8) is 0 Å². The van der Waals surface area contributed by atoms with Crippen LogP contribution in [-0.2, 0) is 17.6 Å². The van der Waals surface area contributed by atoms with Crippen molar-refractivity contribution in [3.8, 4) is 0 Å². The zero-order valence-corrected chi connectivity index (χ0v) is 15.8. The first-order chi connectivity index (χ1) is 11.4. The number of aryl methyl sites for hydroxylation is 2. The van der Waals surface area contributed by atoms with Crippen molar-refractivity contribution < 1.29 is 4.79 Å². The second-order valence-electron chi connectivity index (χ2n) is 7.40. The summed E-state index contributed by atoms with van der Waals surface area (Å²) in [5.41, 5.74) is 1.19. The van der Waals surface area contributed by atoms with Gasteiger partial charge in [-0.25, -0.2) is 9.97 Å². The Morgan fingerprint density at radius 3 is 2.75 bits per heavy atom. The third-order valence-electron chi connectivity index (χ3n) is 4.26. The van der Waals surface area contributed by atoms with Gasteiger partial charge < -0.3 is 10.2 Å². The van der Waals surface area contributed by atoms with E-state index in [0.29, 0.717) is 6.54 Å². The number of anilines is 1. The number of nitrogens with zero attached hydrogens (tertiary/aromatic N) is 3. The van der Waals surface area contributed by atoms with Crippen LogP contribution in [0, 0.1) is 0 Å². The molecule has 24 heavy (non-hydrogen) atoms. The first-order valence-corrected chi connectivity index (χ1v) is 9.52. The maximum Gasteiger partial charge on any atom is 0.239 e. The number of nitrogens with one attached hydrogen (secondary N) is 1. The van der Waals surface area contributed by atoms with E-state index in [1.807, 2.05) is 20.8 Å². The van der Waals surface area contributed by atoms with Crippen LogP contribution in [-0.4, -0.2) is 34.5 Å². The third kappa shape index (κ3) is 3.53. The van der Waals surface area contributed by atoms with E-state index in [1.165, 1.54) is 28.7 Å². The normalized spacial score (nSPS) is 14.5. The summed E-state index contributed by atoms with van der Waals surface area (Å²) in [6.07, 6.45) is 6.36. The summed E-state index contributed by atoms with van der Waals surface area (Å²) in [5, 5.41) is 4.21. The Morgan fingerprint density at radius 2 is 2.04 bits per heavy atom. The number of hydrogen-bond acceptors (Lipinski definition) is 5. The minimum absolute atomic E-state index is 0.0280. The van der Waals surface area contributed by atoms with Gasteiger partial charge in [-0.3, -0.25) is 4.79 Å². The number of aromatic nitrogens is 2. The average Bonchev–Trinajstić information content (AvgIpc) is 2.89. The molecule has 1 N–H and O–H groups in total. The van der Waals surface area contributed by atoms with Gasteiger partial charge in [0.2, 0.25) is 5.91 Å². The first-order valence-electron chi connectivity index (χ1n) is 8.70. The summed E-state index contributed by atoms with van der Waals surface area (Å²) in [4.78, 5) is 26.0. The van der Waals surface area contributed by atoms with Crippen LogP contribution in [0.25, 0.3) is 10.2 Å². The molecule has 3 rings (SSSR count). The number of thiophene rings is 1. The Balaban J connectivity index is 1.94. The monoisotopic (exact) mass is 346 g/mol. The van der Waals surface area contributed by atoms with Gasteiger partial charge >= 0.3 is 0 Å². The largest absolute Gasteiger partial charge is 0.350 e. The lowest BCUT2D eigenvalue weighted by Crippen LogP contribution is -2.46. The van der Waals surface area contributed by atoms with Crippen molar-refractivity contribution in [3.05, 3.63) is 16.8 Å². The van der Waals surface area contributed by atoms with Crippen molar-refractivity contribution in [2.24, 2.45) is 0 Å². The second kappa shape index (κ2) is 6.67. The highest BCUT2D eigenvalue weighted by atomic mass is 32.1. The fraction of sp³-hybridized carbons (Fsp3) is 0.611. The van der Waals surface area contributed by atoms with Crippen molar-refractivity contribution in [2.45, 2.75) is 58.9 Å². The molecule has 0 spiro atoms. The lowest BCUT2D eigenvalue weighted by Gasteiger charge is -2.26. The maximum absolute atomic E-state index is 12.4. The van der Waals surface area contributed by atoms with Crippen LogP contribution in [0.1, 0.15) is 51.0 Å². The Morgan fingerprint density at radius 1 is 1.29 bits per heavy atom. The van der Waals surface area contributed by atoms with Gasteiger partial charge in [0.05, 0.1) is 11.9 Å². The Labute approximate surface area is 147 Å². The molecule has 2 heterocycles. The second-order valence-corrected chi connectivity index (χ2v) is 8.48. The van der Waals surface area contributed by atoms with Gasteiger partial charge in [0, 0.05) is 17.0 Å². The molecule has 130 valence electrons. The number of rotatable bonds is 4. The molecular weight excluding hydrogens is 320 g/mol. The summed E-state index contributed by atoms with van der Waals surface area (Å²) < 4.78 is 0. The van der Waals surface area contributed by atoms with Crippen molar-refractivity contribution >= 4 is 33.3 Å². The highest BCUT2D eigenvalue weighted by Gasteiger charge is 2.23. The van der Waals surface area contributed by atoms with Crippen LogP contribution in [0.2, 0.25) is 0 Å². The van der Waals surface area contributed by atoms with Crippen LogP contribution < -0.4 is 10.2 Å². The van der Waals surface area contributed by atoms with Crippen LogP contribution in [0.5, 0.6) is 0 Å². The van der Waals surface area contributed by atoms with E-state index in [9.17, 15) is 4.79 Å². The lowest BCUT2D eigenvalue weighted by atomic mass is 9.97. The molecular formula is C18H26N4OS. The minimum Gasteiger partial charge on any atom is -0.350 e. The molecule has 5 nitrogen and oxygen atoms in total. The van der Waals surface area contributed by atoms with E-state index in [2.05, 4.69) is 27.1 Å². The summed E-state index contributed by atoms with van der Waals surface area (Å²) in [7, 11) is 0. The molecule has 1 amide bonds. The molecule has 0 unspecified atom stereocenters. The van der Waals surface area contributed by atoms with E-state index in [4.69, 9.17) is 0 Å². The van der Waals surface area contributed by atoms with Gasteiger partial charge in [0.15, 0.2) is 0 Å². The molecule has 0 aliphatic heterocycles. The smallest absolute Gasteiger partial charge is 0.239 e. The van der Waals surface area contributed by atoms with Gasteiger partial charge in [0.1, 0.15) is 17.0 Å². The van der Waals surface area contributed by atoms with E-state index in [-0.39, 0.29) is 11.4 Å². The zero-order chi connectivity index (χ0) is 17.3. The molecule has 0 bridgehead atoms. The quantitative estimate of drug-likeness (QED) is 0.923. The van der Waals surface area contributed by atoms with E-state index in [1.54, 1.807) is 17.7 Å². The van der Waals surface area contributed by atoms with Crippen LogP contribution >= 0.6 is 11.3 Å². The highest BCUT2D eigenvalue weighted by Crippen LogP contribution is 2.39. The Kier molecular flexibility index (Phi) is 4.76. The molecule has 0 fully saturated rings. The van der Waals surface area contributed by atoms with Crippen LogP contribution in [0.4, 0.5) is 5.82 Å². The molecule has 0 atom stereocenters. The van der Waals surface area contributed by atoms with E-state index >= 15 is 0 Å². The molecule has 2 aromatic heterocycles. The SMILES string of the molecule is CCN(CC(=O)NC(C)(C)C)c1ncnc2sc3c(c12)CCCC3. The van der Waals surface area contributed by atoms with Gasteiger partial charge in [-0.15, -0.1) is 11.3 Å². The van der Waals surface area contributed by atoms with Gasteiger partial charge in [-0.1, -0.05) is 0 Å². The van der Waals surface area contributed by atoms with Crippen LogP contribution in [0.3, 0.4) is 0 Å². The van der Waals surface area contributed by atoms with Crippen LogP contribution in [0.15, 0.2) is 6.33 Å². The number of carbonyl (C=O) groups is 1. The predicted octanol–water partition coefficient (Wildman–Crippen LogP) is 3.31. The van der Waals surface area contributed by atoms with E-state index in [0.717, 1.165) is 30.0 Å². The molecule has 1 aliphatic carbocycles. The summed E-state index contributed by atoms with van der Waals surface area (Å²) in [5.74, 6) is 0.936. The minimum atomic E-state index is -0.223. The van der Waals surface area contributed by atoms with Crippen molar-refractivity contribution in [1.82, 2.24) is 15.3 Å². The van der Waals surface area contributed by atoms with Gasteiger partial charge in [-0.2, -0.15) is 0 Å². The maximum atomic E-state index is 12.4. The number of fused-ring (bicyclic) bond motifs is 3. The molecule has 0 saturated heterocycles. The first kappa shape index (κ1) is 17.1. The lowest BCUT2D eigenvalue weighted by molar-refractivity contribution is -0.121. The topological polar surface area (TPSA) is 58.1 Å². The average molecular weight is 347 g/mol. The highest BCUT2D eigenvalue weighted by molar-refractivity contribution is 7.19. The van der Waals surface area contributed by atoms with Crippen molar-refractivity contribution in [1.29, 1.82) is 0 Å². The molecule has 6 heteroatoms. The number of amides is 1. The number of hydrogen-bond donors (Lipinski definition) is 1. The summed E-state index contributed by atoms with van der Waals surface area (Å²) >= 11 is 1.79. The predicted molar refractivity (Wildman–Crippen MR) is 99.8 cm³/mol. The summed E-state index contributed by atoms with van der Waals surface area (Å²) in [6, 6.07) is 0.